The van der Waals surface area contributed by atoms with Gasteiger partial charge in [0.05, 0.1) is 12.0 Å². The van der Waals surface area contributed by atoms with Crippen molar-refractivity contribution in [1.82, 2.24) is 0 Å². The van der Waals surface area contributed by atoms with Gasteiger partial charge in [0.1, 0.15) is 11.6 Å². The maximum absolute atomic E-state index is 14.1. The number of hydrogen-bond acceptors (Lipinski definition) is 2. The van der Waals surface area contributed by atoms with Crippen molar-refractivity contribution in [2.45, 2.75) is 24.7 Å². The van der Waals surface area contributed by atoms with Crippen molar-refractivity contribution in [1.29, 1.82) is 0 Å². The Balaban J connectivity index is 2.13. The minimum atomic E-state index is -0.971. The van der Waals surface area contributed by atoms with Gasteiger partial charge >= 0.3 is 5.97 Å². The lowest BCUT2D eigenvalue weighted by atomic mass is 9.93. The number of aliphatic carboxylic acids is 1. The Bertz CT molecular complexity index is 477. The molecule has 1 aliphatic carbocycles. The highest BCUT2D eigenvalue weighted by atomic mass is 19.1. The summed E-state index contributed by atoms with van der Waals surface area (Å²) < 4.78 is 19.4. The second-order valence-corrected chi connectivity index (χ2v) is 4.39. The highest BCUT2D eigenvalue weighted by Crippen LogP contribution is 2.50. The molecule has 2 aliphatic rings. The van der Waals surface area contributed by atoms with E-state index in [1.807, 2.05) is 0 Å². The van der Waals surface area contributed by atoms with Crippen LogP contribution in [0.3, 0.4) is 0 Å². The molecule has 1 aliphatic heterocycles. The highest BCUT2D eigenvalue weighted by Gasteiger charge is 2.53. The van der Waals surface area contributed by atoms with Gasteiger partial charge in [-0.1, -0.05) is 6.07 Å². The molecule has 0 unspecified atom stereocenters. The van der Waals surface area contributed by atoms with Crippen LogP contribution >= 0.6 is 0 Å². The van der Waals surface area contributed by atoms with Crippen LogP contribution in [0.5, 0.6) is 5.75 Å². The average Bonchev–Trinajstić information content (AvgIpc) is 2.90. The number of ether oxygens (including phenoxy) is 1. The second-order valence-electron chi connectivity index (χ2n) is 4.39. The highest BCUT2D eigenvalue weighted by molar-refractivity contribution is 5.85. The Labute approximate surface area is 91.8 Å². The Morgan fingerprint density at radius 2 is 2.19 bits per heavy atom. The van der Waals surface area contributed by atoms with Crippen LogP contribution in [0.25, 0.3) is 0 Å². The van der Waals surface area contributed by atoms with E-state index in [2.05, 4.69) is 0 Å². The molecule has 1 heterocycles. The first kappa shape index (κ1) is 9.63. The summed E-state index contributed by atoms with van der Waals surface area (Å²) >= 11 is 0. The fourth-order valence-corrected chi connectivity index (χ4v) is 2.33. The molecule has 84 valence electrons. The SMILES string of the molecule is O=C(O)C1(c2ccc3c(c2F)CCO3)CC1. The summed E-state index contributed by atoms with van der Waals surface area (Å²) in [6.45, 7) is 0.482. The predicted molar refractivity (Wildman–Crippen MR) is 54.1 cm³/mol. The van der Waals surface area contributed by atoms with E-state index in [4.69, 9.17) is 9.84 Å². The molecule has 3 nitrogen and oxygen atoms in total. The number of halogens is 1. The van der Waals surface area contributed by atoms with Gasteiger partial charge in [0, 0.05) is 17.5 Å². The maximum Gasteiger partial charge on any atom is 0.314 e. The molecule has 4 heteroatoms. The Morgan fingerprint density at radius 1 is 1.44 bits per heavy atom. The lowest BCUT2D eigenvalue weighted by Gasteiger charge is -2.13. The summed E-state index contributed by atoms with van der Waals surface area (Å²) in [6.07, 6.45) is 1.59. The molecule has 0 saturated heterocycles. The van der Waals surface area contributed by atoms with Gasteiger partial charge in [-0.15, -0.1) is 0 Å². The molecular weight excluding hydrogens is 211 g/mol. The lowest BCUT2D eigenvalue weighted by Crippen LogP contribution is -2.21. The third-order valence-electron chi connectivity index (χ3n) is 3.48. The van der Waals surface area contributed by atoms with Gasteiger partial charge in [0.25, 0.3) is 0 Å². The molecule has 0 bridgehead atoms. The molecule has 1 aromatic rings. The van der Waals surface area contributed by atoms with E-state index in [9.17, 15) is 9.18 Å². The van der Waals surface area contributed by atoms with Crippen LogP contribution in [0, 0.1) is 5.82 Å². The maximum atomic E-state index is 14.1. The van der Waals surface area contributed by atoms with E-state index in [1.54, 1.807) is 12.1 Å². The third-order valence-corrected chi connectivity index (χ3v) is 3.48. The van der Waals surface area contributed by atoms with Crippen LogP contribution < -0.4 is 4.74 Å². The second kappa shape index (κ2) is 2.97. The molecule has 0 radical (unpaired) electrons. The van der Waals surface area contributed by atoms with Crippen molar-refractivity contribution in [2.75, 3.05) is 6.61 Å². The standard InChI is InChI=1S/C12H11FO3/c13-10-7-3-6-16-9(7)2-1-8(10)12(4-5-12)11(14)15/h1-2H,3-6H2,(H,14,15). The first-order valence-electron chi connectivity index (χ1n) is 5.33. The monoisotopic (exact) mass is 222 g/mol. The van der Waals surface area contributed by atoms with E-state index >= 15 is 0 Å². The summed E-state index contributed by atoms with van der Waals surface area (Å²) in [5.41, 5.74) is -0.115. The zero-order valence-corrected chi connectivity index (χ0v) is 8.62. The topological polar surface area (TPSA) is 46.5 Å². The number of hydrogen-bond donors (Lipinski definition) is 1. The van der Waals surface area contributed by atoms with E-state index in [-0.39, 0.29) is 5.82 Å². The van der Waals surface area contributed by atoms with E-state index in [1.165, 1.54) is 0 Å². The van der Waals surface area contributed by atoms with Crippen molar-refractivity contribution in [2.24, 2.45) is 0 Å². The largest absolute Gasteiger partial charge is 0.493 e. The number of fused-ring (bicyclic) bond motifs is 1. The van der Waals surface area contributed by atoms with Crippen molar-refractivity contribution in [3.05, 3.63) is 29.1 Å². The molecular formula is C12H11FO3. The van der Waals surface area contributed by atoms with Crippen molar-refractivity contribution in [3.63, 3.8) is 0 Å². The molecule has 1 aromatic carbocycles. The minimum absolute atomic E-state index is 0.323. The minimum Gasteiger partial charge on any atom is -0.493 e. The summed E-state index contributed by atoms with van der Waals surface area (Å²) in [5.74, 6) is -0.748. The lowest BCUT2D eigenvalue weighted by molar-refractivity contribution is -0.140. The zero-order valence-electron chi connectivity index (χ0n) is 8.62. The van der Waals surface area contributed by atoms with Gasteiger partial charge in [-0.05, 0) is 18.9 Å². The molecule has 1 fully saturated rings. The molecule has 16 heavy (non-hydrogen) atoms. The number of rotatable bonds is 2. The Morgan fingerprint density at radius 3 is 2.81 bits per heavy atom. The summed E-state index contributed by atoms with van der Waals surface area (Å²) in [4.78, 5) is 11.1. The van der Waals surface area contributed by atoms with Crippen LogP contribution in [0.4, 0.5) is 4.39 Å². The predicted octanol–water partition coefficient (Wildman–Crippen LogP) is 1.88. The fraction of sp³-hybridized carbons (Fsp3) is 0.417. The Kier molecular flexibility index (Phi) is 1.79. The average molecular weight is 222 g/mol. The van der Waals surface area contributed by atoms with Gasteiger partial charge in [-0.3, -0.25) is 4.79 Å². The first-order chi connectivity index (χ1) is 7.65. The van der Waals surface area contributed by atoms with Gasteiger partial charge in [-0.25, -0.2) is 4.39 Å². The molecule has 0 aromatic heterocycles. The van der Waals surface area contributed by atoms with Crippen LogP contribution in [0.1, 0.15) is 24.0 Å². The van der Waals surface area contributed by atoms with Crippen molar-refractivity contribution < 1.29 is 19.0 Å². The van der Waals surface area contributed by atoms with Crippen LogP contribution in [-0.4, -0.2) is 17.7 Å². The third kappa shape index (κ3) is 1.10. The van der Waals surface area contributed by atoms with Crippen LogP contribution in [0.2, 0.25) is 0 Å². The number of carbonyl (C=O) groups is 1. The van der Waals surface area contributed by atoms with Gasteiger partial charge in [-0.2, -0.15) is 0 Å². The van der Waals surface area contributed by atoms with Crippen molar-refractivity contribution in [3.8, 4) is 5.75 Å². The number of carboxylic acids is 1. The first-order valence-corrected chi connectivity index (χ1v) is 5.33. The molecule has 0 amide bonds. The molecule has 0 spiro atoms. The summed E-state index contributed by atoms with van der Waals surface area (Å²) in [6, 6.07) is 3.24. The summed E-state index contributed by atoms with van der Waals surface area (Å²) in [7, 11) is 0. The van der Waals surface area contributed by atoms with E-state index in [0.717, 1.165) is 0 Å². The van der Waals surface area contributed by atoms with Gasteiger partial charge < -0.3 is 9.84 Å². The number of carboxylic acid groups (broad SMARTS) is 1. The molecule has 1 N–H and O–H groups in total. The van der Waals surface area contributed by atoms with Crippen molar-refractivity contribution >= 4 is 5.97 Å². The summed E-state index contributed by atoms with van der Waals surface area (Å²) in [5, 5.41) is 9.13. The zero-order chi connectivity index (χ0) is 11.3. The van der Waals surface area contributed by atoms with Crippen LogP contribution in [-0.2, 0) is 16.6 Å². The van der Waals surface area contributed by atoms with Crippen LogP contribution in [0.15, 0.2) is 12.1 Å². The van der Waals surface area contributed by atoms with E-state index in [0.29, 0.717) is 42.7 Å². The Hall–Kier alpha value is -1.58. The molecule has 3 rings (SSSR count). The normalized spacial score (nSPS) is 20.1. The number of benzene rings is 1. The van der Waals surface area contributed by atoms with Gasteiger partial charge in [0.2, 0.25) is 0 Å². The quantitative estimate of drug-likeness (QED) is 0.831. The molecule has 1 saturated carbocycles. The molecule has 0 atom stereocenters. The van der Waals surface area contributed by atoms with Gasteiger partial charge in [0.15, 0.2) is 0 Å². The van der Waals surface area contributed by atoms with E-state index < -0.39 is 11.4 Å². The fourth-order valence-electron chi connectivity index (χ4n) is 2.33. The smallest absolute Gasteiger partial charge is 0.314 e.